The first-order valence-corrected chi connectivity index (χ1v) is 9.59. The van der Waals surface area contributed by atoms with Crippen molar-refractivity contribution in [2.45, 2.75) is 26.2 Å². The molecular weight excluding hydrogens is 340 g/mol. The van der Waals surface area contributed by atoms with Crippen molar-refractivity contribution in [1.82, 2.24) is 4.98 Å². The van der Waals surface area contributed by atoms with Crippen LogP contribution in [-0.4, -0.2) is 44.2 Å². The van der Waals surface area contributed by atoms with Crippen LogP contribution in [0.4, 0.5) is 17.2 Å². The normalized spacial score (nSPS) is 14.1. The van der Waals surface area contributed by atoms with Gasteiger partial charge in [0.25, 0.3) is 0 Å². The van der Waals surface area contributed by atoms with E-state index in [4.69, 9.17) is 4.74 Å². The average Bonchev–Trinajstić information content (AvgIpc) is 2.73. The van der Waals surface area contributed by atoms with Crippen LogP contribution in [0.1, 0.15) is 26.2 Å². The number of carbonyl (C=O) groups excluding carboxylic acids is 1. The molecule has 0 aliphatic carbocycles. The van der Waals surface area contributed by atoms with Crippen LogP contribution >= 0.6 is 0 Å². The maximum absolute atomic E-state index is 11.8. The number of amides is 1. The fraction of sp³-hybridized carbons (Fsp3) is 0.429. The van der Waals surface area contributed by atoms with Gasteiger partial charge >= 0.3 is 0 Å². The maximum Gasteiger partial charge on any atom is 0.225 e. The molecule has 1 aliphatic rings. The molecule has 144 valence electrons. The molecule has 1 amide bonds. The number of rotatable bonds is 7. The summed E-state index contributed by atoms with van der Waals surface area (Å²) in [5.41, 5.74) is 2.31. The van der Waals surface area contributed by atoms with Crippen molar-refractivity contribution in [2.75, 3.05) is 48.4 Å². The summed E-state index contributed by atoms with van der Waals surface area (Å²) in [6.45, 7) is 5.88. The highest BCUT2D eigenvalue weighted by Crippen LogP contribution is 2.23. The zero-order valence-corrected chi connectivity index (χ0v) is 16.1. The molecule has 0 bridgehead atoms. The molecule has 1 aromatic heterocycles. The number of hydrogen-bond donors (Lipinski definition) is 1. The Balaban J connectivity index is 1.52. The summed E-state index contributed by atoms with van der Waals surface area (Å²) >= 11 is 0. The highest BCUT2D eigenvalue weighted by molar-refractivity contribution is 5.89. The smallest absolute Gasteiger partial charge is 0.225 e. The van der Waals surface area contributed by atoms with Crippen molar-refractivity contribution in [3.05, 3.63) is 42.6 Å². The first kappa shape index (κ1) is 19.0. The van der Waals surface area contributed by atoms with E-state index in [1.807, 2.05) is 30.5 Å². The number of unbranched alkanes of at least 4 members (excludes halogenated alkanes) is 1. The van der Waals surface area contributed by atoms with Crippen molar-refractivity contribution in [3.8, 4) is 5.75 Å². The topological polar surface area (TPSA) is 57.7 Å². The number of nitrogens with one attached hydrogen (secondary N) is 1. The molecule has 0 radical (unpaired) electrons. The number of piperazine rings is 1. The highest BCUT2D eigenvalue weighted by atomic mass is 16.5. The molecule has 27 heavy (non-hydrogen) atoms. The van der Waals surface area contributed by atoms with Gasteiger partial charge in [-0.05, 0) is 42.8 Å². The van der Waals surface area contributed by atoms with Crippen LogP contribution in [0.2, 0.25) is 0 Å². The molecule has 0 saturated carbocycles. The molecule has 6 nitrogen and oxygen atoms in total. The van der Waals surface area contributed by atoms with E-state index >= 15 is 0 Å². The van der Waals surface area contributed by atoms with Gasteiger partial charge in [-0.2, -0.15) is 0 Å². The molecule has 1 aliphatic heterocycles. The number of anilines is 3. The average molecular weight is 368 g/mol. The van der Waals surface area contributed by atoms with E-state index in [1.165, 1.54) is 5.69 Å². The lowest BCUT2D eigenvalue weighted by Crippen LogP contribution is -2.46. The summed E-state index contributed by atoms with van der Waals surface area (Å²) in [7, 11) is 1.68. The predicted octanol–water partition coefficient (Wildman–Crippen LogP) is 3.55. The third-order valence-corrected chi connectivity index (χ3v) is 4.86. The largest absolute Gasteiger partial charge is 0.497 e. The SMILES string of the molecule is CCCCC(=O)Nc1ccc(N2CCN(c3ccc(OC)cc3)CC2)cn1. The lowest BCUT2D eigenvalue weighted by molar-refractivity contribution is -0.116. The number of nitrogens with zero attached hydrogens (tertiary/aromatic N) is 3. The van der Waals surface area contributed by atoms with Gasteiger partial charge in [0, 0.05) is 38.3 Å². The van der Waals surface area contributed by atoms with Crippen molar-refractivity contribution in [3.63, 3.8) is 0 Å². The lowest BCUT2D eigenvalue weighted by atomic mass is 10.2. The summed E-state index contributed by atoms with van der Waals surface area (Å²) in [4.78, 5) is 20.9. The molecule has 1 saturated heterocycles. The minimum absolute atomic E-state index is 0.0326. The molecule has 2 aromatic rings. The van der Waals surface area contributed by atoms with E-state index < -0.39 is 0 Å². The number of hydrogen-bond acceptors (Lipinski definition) is 5. The van der Waals surface area contributed by atoms with E-state index in [9.17, 15) is 4.79 Å². The van der Waals surface area contributed by atoms with Crippen molar-refractivity contribution in [2.24, 2.45) is 0 Å². The Hall–Kier alpha value is -2.76. The Morgan fingerprint density at radius 2 is 1.67 bits per heavy atom. The van der Waals surface area contributed by atoms with Crippen LogP contribution < -0.4 is 19.9 Å². The Bertz CT molecular complexity index is 723. The van der Waals surface area contributed by atoms with E-state index in [0.717, 1.165) is 50.5 Å². The van der Waals surface area contributed by atoms with Gasteiger partial charge in [-0.15, -0.1) is 0 Å². The predicted molar refractivity (Wildman–Crippen MR) is 110 cm³/mol. The fourth-order valence-electron chi connectivity index (χ4n) is 3.21. The molecule has 2 heterocycles. The van der Waals surface area contributed by atoms with Gasteiger partial charge in [-0.1, -0.05) is 13.3 Å². The van der Waals surface area contributed by atoms with Crippen LogP contribution in [0.15, 0.2) is 42.6 Å². The Morgan fingerprint density at radius 1 is 1.04 bits per heavy atom. The second-order valence-corrected chi connectivity index (χ2v) is 6.73. The van der Waals surface area contributed by atoms with Gasteiger partial charge in [0.05, 0.1) is 19.0 Å². The van der Waals surface area contributed by atoms with Crippen molar-refractivity contribution in [1.29, 1.82) is 0 Å². The number of methoxy groups -OCH3 is 1. The van der Waals surface area contributed by atoms with Gasteiger partial charge in [0.15, 0.2) is 0 Å². The van der Waals surface area contributed by atoms with Crippen LogP contribution in [0.25, 0.3) is 0 Å². The minimum atomic E-state index is 0.0326. The monoisotopic (exact) mass is 368 g/mol. The summed E-state index contributed by atoms with van der Waals surface area (Å²) < 4.78 is 5.22. The first-order valence-electron chi connectivity index (χ1n) is 9.59. The van der Waals surface area contributed by atoms with E-state index in [1.54, 1.807) is 7.11 Å². The molecule has 0 unspecified atom stereocenters. The van der Waals surface area contributed by atoms with E-state index in [2.05, 4.69) is 39.2 Å². The quantitative estimate of drug-likeness (QED) is 0.810. The van der Waals surface area contributed by atoms with Crippen molar-refractivity contribution >= 4 is 23.1 Å². The number of pyridine rings is 1. The molecule has 1 N–H and O–H groups in total. The Labute approximate surface area is 161 Å². The highest BCUT2D eigenvalue weighted by Gasteiger charge is 2.18. The molecule has 0 spiro atoms. The van der Waals surface area contributed by atoms with Gasteiger partial charge in [-0.25, -0.2) is 4.98 Å². The molecule has 6 heteroatoms. The van der Waals surface area contributed by atoms with Crippen molar-refractivity contribution < 1.29 is 9.53 Å². The van der Waals surface area contributed by atoms with Crippen LogP contribution in [0, 0.1) is 0 Å². The number of benzene rings is 1. The molecule has 0 atom stereocenters. The fourth-order valence-corrected chi connectivity index (χ4v) is 3.21. The Morgan fingerprint density at radius 3 is 2.22 bits per heavy atom. The van der Waals surface area contributed by atoms with Crippen LogP contribution in [0.5, 0.6) is 5.75 Å². The van der Waals surface area contributed by atoms with Gasteiger partial charge in [-0.3, -0.25) is 4.79 Å². The van der Waals surface area contributed by atoms with Gasteiger partial charge < -0.3 is 19.9 Å². The van der Waals surface area contributed by atoms with Crippen LogP contribution in [0.3, 0.4) is 0 Å². The second kappa shape index (κ2) is 9.26. The summed E-state index contributed by atoms with van der Waals surface area (Å²) in [5.74, 6) is 1.53. The van der Waals surface area contributed by atoms with Crippen LogP contribution in [-0.2, 0) is 4.79 Å². The summed E-state index contributed by atoms with van der Waals surface area (Å²) in [5, 5.41) is 2.86. The third-order valence-electron chi connectivity index (χ3n) is 4.86. The lowest BCUT2D eigenvalue weighted by Gasteiger charge is -2.37. The number of ether oxygens (including phenoxy) is 1. The maximum atomic E-state index is 11.8. The van der Waals surface area contributed by atoms with Gasteiger partial charge in [0.2, 0.25) is 5.91 Å². The molecule has 1 fully saturated rings. The molecular formula is C21H28N4O2. The second-order valence-electron chi connectivity index (χ2n) is 6.73. The van der Waals surface area contributed by atoms with E-state index in [0.29, 0.717) is 12.2 Å². The molecule has 3 rings (SSSR count). The number of carbonyl (C=O) groups is 1. The minimum Gasteiger partial charge on any atom is -0.497 e. The summed E-state index contributed by atoms with van der Waals surface area (Å²) in [6, 6.07) is 12.1. The zero-order chi connectivity index (χ0) is 19.1. The molecule has 1 aromatic carbocycles. The zero-order valence-electron chi connectivity index (χ0n) is 16.1. The third kappa shape index (κ3) is 5.12. The summed E-state index contributed by atoms with van der Waals surface area (Å²) in [6.07, 6.45) is 4.32. The number of aromatic nitrogens is 1. The van der Waals surface area contributed by atoms with Gasteiger partial charge in [0.1, 0.15) is 11.6 Å². The van der Waals surface area contributed by atoms with E-state index in [-0.39, 0.29) is 5.91 Å². The standard InChI is InChI=1S/C21H28N4O2/c1-3-4-5-21(26)23-20-11-8-18(16-22-20)25-14-12-24(13-15-25)17-6-9-19(27-2)10-7-17/h6-11,16H,3-5,12-15H2,1-2H3,(H,22,23,26). The Kier molecular flexibility index (Phi) is 6.52. The first-order chi connectivity index (χ1) is 13.2.